The Bertz CT molecular complexity index is 332. The monoisotopic (exact) mass is 275 g/mol. The van der Waals surface area contributed by atoms with Gasteiger partial charge in [-0.05, 0) is 6.42 Å². The van der Waals surface area contributed by atoms with Crippen molar-refractivity contribution < 1.29 is 24.6 Å². The van der Waals surface area contributed by atoms with Gasteiger partial charge in [0.15, 0.2) is 6.10 Å². The average molecular weight is 275 g/mol. The molecule has 0 aromatic heterocycles. The van der Waals surface area contributed by atoms with E-state index in [-0.39, 0.29) is 12.5 Å². The van der Waals surface area contributed by atoms with Crippen molar-refractivity contribution in [2.45, 2.75) is 19.4 Å². The number of aliphatic carboxylic acids is 1. The number of nitrogens with one attached hydrogen (secondary N) is 1. The second-order valence-corrected chi connectivity index (χ2v) is 4.25. The van der Waals surface area contributed by atoms with Crippen LogP contribution in [-0.2, 0) is 9.59 Å². The fourth-order valence-corrected chi connectivity index (χ4v) is 1.21. The first-order valence-electron chi connectivity index (χ1n) is 5.93. The smallest absolute Gasteiger partial charge is 0.334 e. The summed E-state index contributed by atoms with van der Waals surface area (Å²) in [6.45, 7) is 1.74. The zero-order chi connectivity index (χ0) is 15.0. The first-order chi connectivity index (χ1) is 8.79. The molecule has 0 aliphatic heterocycles. The number of nitrogens with zero attached hydrogens (tertiary/aromatic N) is 2. The molecule has 0 radical (unpaired) electrons. The number of carbonyl (C=O) groups is 3. The van der Waals surface area contributed by atoms with E-state index in [1.165, 1.54) is 9.80 Å². The van der Waals surface area contributed by atoms with Gasteiger partial charge >= 0.3 is 12.0 Å². The van der Waals surface area contributed by atoms with Gasteiger partial charge in [-0.2, -0.15) is 0 Å². The molecule has 0 fully saturated rings. The van der Waals surface area contributed by atoms with Crippen LogP contribution < -0.4 is 5.32 Å². The summed E-state index contributed by atoms with van der Waals surface area (Å²) in [4.78, 5) is 36.3. The molecule has 1 unspecified atom stereocenters. The van der Waals surface area contributed by atoms with Crippen LogP contribution in [0.3, 0.4) is 0 Å². The second kappa shape index (κ2) is 8.30. The summed E-state index contributed by atoms with van der Waals surface area (Å²) in [5.41, 5.74) is 0. The van der Waals surface area contributed by atoms with Crippen LogP contribution in [0.1, 0.15) is 13.3 Å². The molecular weight excluding hydrogens is 254 g/mol. The van der Waals surface area contributed by atoms with Crippen LogP contribution in [0, 0.1) is 0 Å². The predicted octanol–water partition coefficient (Wildman–Crippen LogP) is -1.06. The number of aliphatic hydroxyl groups excluding tert-OH is 1. The van der Waals surface area contributed by atoms with Crippen LogP contribution in [0.2, 0.25) is 0 Å². The van der Waals surface area contributed by atoms with E-state index in [4.69, 9.17) is 10.2 Å². The lowest BCUT2D eigenvalue weighted by Crippen LogP contribution is -2.48. The minimum absolute atomic E-state index is 0.0875. The van der Waals surface area contributed by atoms with Crippen molar-refractivity contribution in [3.05, 3.63) is 0 Å². The Morgan fingerprint density at radius 2 is 1.84 bits per heavy atom. The lowest BCUT2D eigenvalue weighted by atomic mass is 10.3. The maximum atomic E-state index is 11.8. The molecule has 8 heteroatoms. The molecule has 0 aromatic rings. The maximum absolute atomic E-state index is 11.8. The van der Waals surface area contributed by atoms with Crippen molar-refractivity contribution in [3.8, 4) is 0 Å². The minimum atomic E-state index is -1.66. The molecule has 0 rings (SSSR count). The van der Waals surface area contributed by atoms with Crippen molar-refractivity contribution in [3.63, 3.8) is 0 Å². The Hall–Kier alpha value is -1.83. The number of aliphatic hydroxyl groups is 1. The summed E-state index contributed by atoms with van der Waals surface area (Å²) in [6, 6.07) is -0.572. The molecule has 0 aliphatic rings. The van der Waals surface area contributed by atoms with Crippen LogP contribution in [-0.4, -0.2) is 77.8 Å². The summed E-state index contributed by atoms with van der Waals surface area (Å²) < 4.78 is 0. The number of amides is 3. The molecule has 0 bridgehead atoms. The van der Waals surface area contributed by atoms with Gasteiger partial charge in [-0.3, -0.25) is 4.79 Å². The van der Waals surface area contributed by atoms with Crippen LogP contribution in [0.25, 0.3) is 0 Å². The number of carbonyl (C=O) groups excluding carboxylic acids is 2. The molecule has 19 heavy (non-hydrogen) atoms. The predicted molar refractivity (Wildman–Crippen MR) is 67.6 cm³/mol. The number of rotatable bonds is 7. The second-order valence-electron chi connectivity index (χ2n) is 4.25. The highest BCUT2D eigenvalue weighted by atomic mass is 16.4. The highest BCUT2D eigenvalue weighted by Gasteiger charge is 2.20. The van der Waals surface area contributed by atoms with E-state index >= 15 is 0 Å². The summed E-state index contributed by atoms with van der Waals surface area (Å²) >= 11 is 0. The first kappa shape index (κ1) is 17.2. The van der Waals surface area contributed by atoms with Gasteiger partial charge in [-0.1, -0.05) is 6.92 Å². The number of hydrogen-bond acceptors (Lipinski definition) is 4. The molecule has 0 saturated heterocycles. The summed E-state index contributed by atoms with van der Waals surface area (Å²) in [6.07, 6.45) is -0.993. The van der Waals surface area contributed by atoms with E-state index in [1.807, 2.05) is 6.92 Å². The Kier molecular flexibility index (Phi) is 7.50. The number of carboxylic acids is 1. The van der Waals surface area contributed by atoms with Gasteiger partial charge in [0.05, 0.1) is 6.54 Å². The van der Waals surface area contributed by atoms with E-state index in [0.29, 0.717) is 13.0 Å². The SMILES string of the molecule is CCCN(CC(=O)N(C)C)C(=O)NCC(O)C(=O)O. The van der Waals surface area contributed by atoms with Crippen molar-refractivity contribution in [1.29, 1.82) is 0 Å². The van der Waals surface area contributed by atoms with Gasteiger partial charge in [0, 0.05) is 20.6 Å². The van der Waals surface area contributed by atoms with Crippen molar-refractivity contribution in [2.75, 3.05) is 33.7 Å². The van der Waals surface area contributed by atoms with Gasteiger partial charge in [0.25, 0.3) is 0 Å². The van der Waals surface area contributed by atoms with Crippen LogP contribution in [0.15, 0.2) is 0 Å². The third-order valence-corrected chi connectivity index (χ3v) is 2.34. The van der Waals surface area contributed by atoms with Crippen molar-refractivity contribution in [1.82, 2.24) is 15.1 Å². The van der Waals surface area contributed by atoms with E-state index in [2.05, 4.69) is 5.32 Å². The van der Waals surface area contributed by atoms with Crippen LogP contribution in [0.4, 0.5) is 4.79 Å². The molecule has 0 spiro atoms. The third kappa shape index (κ3) is 6.61. The highest BCUT2D eigenvalue weighted by Crippen LogP contribution is 1.95. The van der Waals surface area contributed by atoms with Crippen molar-refractivity contribution >= 4 is 17.9 Å². The number of urea groups is 1. The minimum Gasteiger partial charge on any atom is -0.479 e. The zero-order valence-electron chi connectivity index (χ0n) is 11.4. The van der Waals surface area contributed by atoms with Gasteiger partial charge in [-0.15, -0.1) is 0 Å². The standard InChI is InChI=1S/C11H21N3O5/c1-4-5-14(7-9(16)13(2)3)11(19)12-6-8(15)10(17)18/h8,15H,4-7H2,1-3H3,(H,12,19)(H,17,18). The maximum Gasteiger partial charge on any atom is 0.334 e. The van der Waals surface area contributed by atoms with Crippen molar-refractivity contribution in [2.24, 2.45) is 0 Å². The van der Waals surface area contributed by atoms with Gasteiger partial charge in [-0.25, -0.2) is 9.59 Å². The van der Waals surface area contributed by atoms with Gasteiger partial charge < -0.3 is 25.3 Å². The molecule has 3 amide bonds. The number of likely N-dealkylation sites (N-methyl/N-ethyl adjacent to an activating group) is 1. The lowest BCUT2D eigenvalue weighted by molar-refractivity contribution is -0.146. The molecule has 3 N–H and O–H groups in total. The molecule has 0 aromatic carbocycles. The van der Waals surface area contributed by atoms with Gasteiger partial charge in [0.2, 0.25) is 5.91 Å². The summed E-state index contributed by atoms with van der Waals surface area (Å²) in [5.74, 6) is -1.64. The Balaban J connectivity index is 4.41. The Labute approximate surface area is 112 Å². The highest BCUT2D eigenvalue weighted by molar-refractivity contribution is 5.84. The van der Waals surface area contributed by atoms with Crippen LogP contribution >= 0.6 is 0 Å². The zero-order valence-corrected chi connectivity index (χ0v) is 11.4. The molecule has 0 heterocycles. The third-order valence-electron chi connectivity index (χ3n) is 2.34. The topological polar surface area (TPSA) is 110 Å². The molecular formula is C11H21N3O5. The molecule has 0 aliphatic carbocycles. The normalized spacial score (nSPS) is 11.6. The number of hydrogen-bond donors (Lipinski definition) is 3. The first-order valence-corrected chi connectivity index (χ1v) is 5.93. The average Bonchev–Trinajstić information content (AvgIpc) is 2.34. The number of carboxylic acid groups (broad SMARTS) is 1. The lowest BCUT2D eigenvalue weighted by Gasteiger charge is -2.23. The Morgan fingerprint density at radius 3 is 2.26 bits per heavy atom. The Morgan fingerprint density at radius 1 is 1.26 bits per heavy atom. The van der Waals surface area contributed by atoms with E-state index in [9.17, 15) is 14.4 Å². The van der Waals surface area contributed by atoms with Gasteiger partial charge in [0.1, 0.15) is 6.54 Å². The fraction of sp³-hybridized carbons (Fsp3) is 0.727. The fourth-order valence-electron chi connectivity index (χ4n) is 1.21. The largest absolute Gasteiger partial charge is 0.479 e. The van der Waals surface area contributed by atoms with E-state index in [0.717, 1.165) is 0 Å². The van der Waals surface area contributed by atoms with Crippen LogP contribution in [0.5, 0.6) is 0 Å². The molecule has 110 valence electrons. The van der Waals surface area contributed by atoms with E-state index < -0.39 is 24.6 Å². The quantitative estimate of drug-likeness (QED) is 0.548. The molecule has 8 nitrogen and oxygen atoms in total. The van der Waals surface area contributed by atoms with E-state index in [1.54, 1.807) is 14.1 Å². The molecule has 0 saturated carbocycles. The summed E-state index contributed by atoms with van der Waals surface area (Å²) in [7, 11) is 3.16. The molecule has 1 atom stereocenters. The summed E-state index contributed by atoms with van der Waals surface area (Å²) in [5, 5.41) is 19.8.